The summed E-state index contributed by atoms with van der Waals surface area (Å²) in [5.74, 6) is -1.27. The highest BCUT2D eigenvalue weighted by molar-refractivity contribution is 6.42. The van der Waals surface area contributed by atoms with E-state index in [0.29, 0.717) is 71.2 Å². The Hall–Kier alpha value is -3.34. The molecule has 1 spiro atoms. The molecule has 44 heavy (non-hydrogen) atoms. The van der Waals surface area contributed by atoms with Crippen LogP contribution in [0.5, 0.6) is 0 Å². The number of fused-ring (bicyclic) bond motifs is 2. The van der Waals surface area contributed by atoms with Gasteiger partial charge in [0.1, 0.15) is 11.4 Å². The zero-order valence-corrected chi connectivity index (χ0v) is 25.3. The summed E-state index contributed by atoms with van der Waals surface area (Å²) in [6.45, 7) is 3.32. The van der Waals surface area contributed by atoms with Crippen LogP contribution in [0.3, 0.4) is 0 Å². The predicted molar refractivity (Wildman–Crippen MR) is 160 cm³/mol. The van der Waals surface area contributed by atoms with Crippen LogP contribution in [0.25, 0.3) is 0 Å². The molecule has 2 amide bonds. The lowest BCUT2D eigenvalue weighted by molar-refractivity contribution is -0.137. The maximum absolute atomic E-state index is 14.1. The lowest BCUT2D eigenvalue weighted by Crippen LogP contribution is -2.50. The number of likely N-dealkylation sites (tertiary alicyclic amines) is 1. The van der Waals surface area contributed by atoms with Gasteiger partial charge in [-0.2, -0.15) is 13.2 Å². The Bertz CT molecular complexity index is 1530. The number of carbonyl (C=O) groups is 2. The highest BCUT2D eigenvalue weighted by Gasteiger charge is 2.45. The molecule has 3 aromatic carbocycles. The third-order valence-corrected chi connectivity index (χ3v) is 9.25. The molecule has 1 fully saturated rings. The molecule has 2 atom stereocenters. The van der Waals surface area contributed by atoms with Crippen molar-refractivity contribution in [1.82, 2.24) is 10.2 Å². The number of benzene rings is 3. The standard InChI is InChI=1S/C32H31Cl2F4N3O3/c1-19(41-14-12-31(13-15-41)25-17-23(35)8-11-28(25)40-30(43)44-31)2-9-24(21-5-10-26(33)27(34)16-21)29(42)39-18-20-3-6-22(7-4-20)32(36,37)38/h3-8,10-11,16-17,19,24H,2,9,12-15,18H2,1H3,(H,39,42)(H,40,43). The number of rotatable bonds is 8. The van der Waals surface area contributed by atoms with Gasteiger partial charge in [0.25, 0.3) is 0 Å². The molecule has 234 valence electrons. The van der Waals surface area contributed by atoms with E-state index in [9.17, 15) is 27.2 Å². The van der Waals surface area contributed by atoms with Crippen molar-refractivity contribution >= 4 is 40.9 Å². The summed E-state index contributed by atoms with van der Waals surface area (Å²) in [6.07, 6.45) is -2.91. The van der Waals surface area contributed by atoms with Crippen LogP contribution in [0.15, 0.2) is 60.7 Å². The zero-order chi connectivity index (χ0) is 31.6. The number of halogens is 6. The molecule has 2 unspecified atom stereocenters. The second kappa shape index (κ2) is 12.9. The highest BCUT2D eigenvalue weighted by atomic mass is 35.5. The Labute approximate surface area is 262 Å². The van der Waals surface area contributed by atoms with E-state index in [-0.39, 0.29) is 18.5 Å². The topological polar surface area (TPSA) is 70.7 Å². The third-order valence-electron chi connectivity index (χ3n) is 8.51. The van der Waals surface area contributed by atoms with Gasteiger partial charge in [0.05, 0.1) is 27.2 Å². The van der Waals surface area contributed by atoms with Gasteiger partial charge in [0, 0.05) is 44.1 Å². The average Bonchev–Trinajstić information content (AvgIpc) is 2.98. The van der Waals surface area contributed by atoms with Crippen LogP contribution in [0.1, 0.15) is 60.8 Å². The summed E-state index contributed by atoms with van der Waals surface area (Å²) in [6, 6.07) is 14.0. The molecule has 1 saturated heterocycles. The van der Waals surface area contributed by atoms with Crippen molar-refractivity contribution in [2.24, 2.45) is 0 Å². The molecule has 2 heterocycles. The molecule has 0 bridgehead atoms. The number of amides is 2. The van der Waals surface area contributed by atoms with Gasteiger partial charge in [0.15, 0.2) is 0 Å². The first-order chi connectivity index (χ1) is 20.8. The lowest BCUT2D eigenvalue weighted by atomic mass is 9.81. The number of nitrogens with one attached hydrogen (secondary N) is 2. The summed E-state index contributed by atoms with van der Waals surface area (Å²) < 4.78 is 58.6. The van der Waals surface area contributed by atoms with Crippen molar-refractivity contribution in [3.8, 4) is 0 Å². The van der Waals surface area contributed by atoms with Crippen LogP contribution in [0.2, 0.25) is 10.0 Å². The Morgan fingerprint density at radius 3 is 2.39 bits per heavy atom. The maximum atomic E-state index is 14.1. The number of piperidine rings is 1. The normalized spacial score (nSPS) is 17.8. The van der Waals surface area contributed by atoms with E-state index in [4.69, 9.17) is 27.9 Å². The molecule has 2 aliphatic rings. The lowest BCUT2D eigenvalue weighted by Gasteiger charge is -2.45. The largest absolute Gasteiger partial charge is 0.438 e. The molecule has 12 heteroatoms. The fraction of sp³-hybridized carbons (Fsp3) is 0.375. The smallest absolute Gasteiger partial charge is 0.416 e. The molecule has 2 N–H and O–H groups in total. The Kier molecular flexibility index (Phi) is 9.44. The van der Waals surface area contributed by atoms with Gasteiger partial charge in [-0.1, -0.05) is 41.4 Å². The predicted octanol–water partition coefficient (Wildman–Crippen LogP) is 8.27. The summed E-state index contributed by atoms with van der Waals surface area (Å²) in [7, 11) is 0. The Morgan fingerprint density at radius 2 is 1.73 bits per heavy atom. The number of hydrogen-bond acceptors (Lipinski definition) is 4. The minimum Gasteiger partial charge on any atom is -0.438 e. The monoisotopic (exact) mass is 651 g/mol. The Morgan fingerprint density at radius 1 is 1.02 bits per heavy atom. The molecule has 0 saturated carbocycles. The number of hydrogen-bond donors (Lipinski definition) is 2. The zero-order valence-electron chi connectivity index (χ0n) is 23.8. The molecule has 3 aromatic rings. The van der Waals surface area contributed by atoms with E-state index in [1.54, 1.807) is 24.3 Å². The average molecular weight is 653 g/mol. The quantitative estimate of drug-likeness (QED) is 0.241. The first kappa shape index (κ1) is 32.1. The fourth-order valence-corrected chi connectivity index (χ4v) is 6.27. The molecular formula is C32H31Cl2F4N3O3. The van der Waals surface area contributed by atoms with Crippen molar-refractivity contribution in [2.45, 2.75) is 62.9 Å². The highest BCUT2D eigenvalue weighted by Crippen LogP contribution is 2.44. The van der Waals surface area contributed by atoms with E-state index in [1.807, 2.05) is 0 Å². The summed E-state index contributed by atoms with van der Waals surface area (Å²) >= 11 is 12.4. The van der Waals surface area contributed by atoms with Crippen LogP contribution >= 0.6 is 23.2 Å². The molecule has 0 aromatic heterocycles. The third kappa shape index (κ3) is 7.14. The minimum atomic E-state index is -4.44. The SMILES string of the molecule is CC(CCC(C(=O)NCc1ccc(C(F)(F)F)cc1)c1ccc(Cl)c(Cl)c1)N1CCC2(CC1)OC(=O)Nc1ccc(F)cc12. The van der Waals surface area contributed by atoms with Crippen LogP contribution in [0, 0.1) is 5.82 Å². The van der Waals surface area contributed by atoms with Gasteiger partial charge < -0.3 is 15.0 Å². The van der Waals surface area contributed by atoms with Gasteiger partial charge in [-0.25, -0.2) is 9.18 Å². The van der Waals surface area contributed by atoms with Gasteiger partial charge in [-0.15, -0.1) is 0 Å². The summed E-state index contributed by atoms with van der Waals surface area (Å²) in [4.78, 5) is 28.0. The van der Waals surface area contributed by atoms with Crippen molar-refractivity contribution in [3.05, 3.63) is 98.8 Å². The maximum Gasteiger partial charge on any atom is 0.416 e. The molecule has 5 rings (SSSR count). The second-order valence-electron chi connectivity index (χ2n) is 11.3. The van der Waals surface area contributed by atoms with Crippen LogP contribution < -0.4 is 10.6 Å². The van der Waals surface area contributed by atoms with Crippen LogP contribution in [-0.2, 0) is 27.9 Å². The molecule has 0 aliphatic carbocycles. The molecular weight excluding hydrogens is 621 g/mol. The summed E-state index contributed by atoms with van der Waals surface area (Å²) in [5, 5.41) is 6.17. The minimum absolute atomic E-state index is 0.0599. The number of ether oxygens (including phenoxy) is 1. The number of carbonyl (C=O) groups excluding carboxylic acids is 2. The first-order valence-electron chi connectivity index (χ1n) is 14.3. The van der Waals surface area contributed by atoms with Crippen LogP contribution in [-0.4, -0.2) is 36.0 Å². The number of alkyl halides is 3. The van der Waals surface area contributed by atoms with Crippen LogP contribution in [0.4, 0.5) is 28.0 Å². The summed E-state index contributed by atoms with van der Waals surface area (Å²) in [5.41, 5.74) is 0.735. The van der Waals surface area contributed by atoms with Crippen molar-refractivity contribution in [3.63, 3.8) is 0 Å². The first-order valence-corrected chi connectivity index (χ1v) is 15.0. The fourth-order valence-electron chi connectivity index (χ4n) is 5.96. The van der Waals surface area contributed by atoms with Crippen molar-refractivity contribution in [2.75, 3.05) is 18.4 Å². The van der Waals surface area contributed by atoms with E-state index >= 15 is 0 Å². The van der Waals surface area contributed by atoms with Gasteiger partial charge >= 0.3 is 12.3 Å². The number of anilines is 1. The van der Waals surface area contributed by atoms with Gasteiger partial charge in [-0.05, 0) is 73.4 Å². The van der Waals surface area contributed by atoms with E-state index < -0.39 is 35.2 Å². The molecule has 2 aliphatic heterocycles. The molecule has 6 nitrogen and oxygen atoms in total. The van der Waals surface area contributed by atoms with E-state index in [2.05, 4.69) is 22.5 Å². The number of nitrogens with zero attached hydrogens (tertiary/aromatic N) is 1. The second-order valence-corrected chi connectivity index (χ2v) is 12.1. The van der Waals surface area contributed by atoms with Crippen molar-refractivity contribution in [1.29, 1.82) is 0 Å². The van der Waals surface area contributed by atoms with Crippen molar-refractivity contribution < 1.29 is 31.9 Å². The van der Waals surface area contributed by atoms with E-state index in [0.717, 1.165) is 12.1 Å². The van der Waals surface area contributed by atoms with Gasteiger partial charge in [0.2, 0.25) is 5.91 Å². The van der Waals surface area contributed by atoms with Gasteiger partial charge in [-0.3, -0.25) is 10.1 Å². The van der Waals surface area contributed by atoms with E-state index in [1.165, 1.54) is 24.3 Å². The Balaban J connectivity index is 1.24. The molecule has 0 radical (unpaired) electrons.